The van der Waals surface area contributed by atoms with Gasteiger partial charge in [-0.15, -0.1) is 0 Å². The number of benzene rings is 1. The molecule has 1 aromatic rings. The number of methoxy groups -OCH3 is 2. The molecular weight excluding hydrogens is 202 g/mol. The van der Waals surface area contributed by atoms with E-state index in [-0.39, 0.29) is 0 Å². The summed E-state index contributed by atoms with van der Waals surface area (Å²) in [6.07, 6.45) is 0. The largest absolute Gasteiger partial charge is 0.345 e. The maximum Gasteiger partial charge on any atom is 0.302 e. The van der Waals surface area contributed by atoms with Crippen LogP contribution in [0.15, 0.2) is 30.3 Å². The Morgan fingerprint density at radius 2 is 1.47 bits per heavy atom. The van der Waals surface area contributed by atoms with Crippen LogP contribution >= 0.6 is 0 Å². The minimum atomic E-state index is -3.13. The van der Waals surface area contributed by atoms with Gasteiger partial charge >= 0.3 is 5.92 Å². The molecule has 0 saturated heterocycles. The standard InChI is InChI=1S/C11H14F2O2/c1-10(12,13)11(14-2,15-3)9-7-5-4-6-8-9/h4-8H,1-3H3. The second-order valence-corrected chi connectivity index (χ2v) is 3.28. The van der Waals surface area contributed by atoms with Crippen LogP contribution in [0.2, 0.25) is 0 Å². The van der Waals surface area contributed by atoms with Crippen molar-refractivity contribution in [3.8, 4) is 0 Å². The molecule has 0 N–H and O–H groups in total. The number of rotatable bonds is 4. The van der Waals surface area contributed by atoms with Crippen molar-refractivity contribution in [3.63, 3.8) is 0 Å². The molecule has 1 rings (SSSR count). The molecule has 84 valence electrons. The Kier molecular flexibility index (Phi) is 3.42. The topological polar surface area (TPSA) is 18.5 Å². The van der Waals surface area contributed by atoms with Crippen LogP contribution in [-0.2, 0) is 15.3 Å². The molecule has 0 radical (unpaired) electrons. The highest BCUT2D eigenvalue weighted by molar-refractivity contribution is 5.22. The van der Waals surface area contributed by atoms with Crippen LogP contribution in [-0.4, -0.2) is 20.1 Å². The van der Waals surface area contributed by atoms with Crippen molar-refractivity contribution in [3.05, 3.63) is 35.9 Å². The molecule has 4 heteroatoms. The quantitative estimate of drug-likeness (QED) is 0.720. The first-order valence-corrected chi connectivity index (χ1v) is 4.51. The summed E-state index contributed by atoms with van der Waals surface area (Å²) in [4.78, 5) is 0. The molecule has 0 bridgehead atoms. The lowest BCUT2D eigenvalue weighted by atomic mass is 10.00. The molecule has 0 fully saturated rings. The van der Waals surface area contributed by atoms with E-state index >= 15 is 0 Å². The van der Waals surface area contributed by atoms with Crippen molar-refractivity contribution in [1.82, 2.24) is 0 Å². The maximum absolute atomic E-state index is 13.5. The molecule has 0 aromatic heterocycles. The van der Waals surface area contributed by atoms with Crippen molar-refractivity contribution in [1.29, 1.82) is 0 Å². The van der Waals surface area contributed by atoms with E-state index in [9.17, 15) is 8.78 Å². The molecule has 0 aliphatic rings. The second kappa shape index (κ2) is 4.24. The van der Waals surface area contributed by atoms with Gasteiger partial charge in [-0.2, -0.15) is 0 Å². The zero-order chi connectivity index (χ0) is 11.5. The third kappa shape index (κ3) is 2.01. The second-order valence-electron chi connectivity index (χ2n) is 3.28. The van der Waals surface area contributed by atoms with Gasteiger partial charge in [-0.25, -0.2) is 8.78 Å². The van der Waals surface area contributed by atoms with Crippen molar-refractivity contribution >= 4 is 0 Å². The lowest BCUT2D eigenvalue weighted by Crippen LogP contribution is -2.46. The van der Waals surface area contributed by atoms with E-state index in [4.69, 9.17) is 9.47 Å². The number of alkyl halides is 2. The average molecular weight is 216 g/mol. The van der Waals surface area contributed by atoms with Crippen LogP contribution in [0.25, 0.3) is 0 Å². The van der Waals surface area contributed by atoms with E-state index in [2.05, 4.69) is 0 Å². The third-order valence-electron chi connectivity index (χ3n) is 2.31. The summed E-state index contributed by atoms with van der Waals surface area (Å²) in [5, 5.41) is 0. The van der Waals surface area contributed by atoms with E-state index in [0.29, 0.717) is 5.56 Å². The molecule has 1 aromatic carbocycles. The molecule has 0 spiro atoms. The highest BCUT2D eigenvalue weighted by atomic mass is 19.3. The summed E-state index contributed by atoms with van der Waals surface area (Å²) in [7, 11) is 2.40. The molecule has 0 heterocycles. The van der Waals surface area contributed by atoms with Gasteiger partial charge in [0.2, 0.25) is 0 Å². The van der Waals surface area contributed by atoms with Crippen LogP contribution in [0.4, 0.5) is 8.78 Å². The lowest BCUT2D eigenvalue weighted by Gasteiger charge is -2.35. The molecule has 0 unspecified atom stereocenters. The van der Waals surface area contributed by atoms with E-state index in [1.165, 1.54) is 14.2 Å². The Bertz CT molecular complexity index is 302. The van der Waals surface area contributed by atoms with Gasteiger partial charge in [-0.3, -0.25) is 0 Å². The average Bonchev–Trinajstić information content (AvgIpc) is 2.20. The van der Waals surface area contributed by atoms with Gasteiger partial charge in [0.05, 0.1) is 0 Å². The van der Waals surface area contributed by atoms with Crippen molar-refractivity contribution < 1.29 is 18.3 Å². The highest BCUT2D eigenvalue weighted by Gasteiger charge is 2.52. The van der Waals surface area contributed by atoms with Crippen LogP contribution in [0, 0.1) is 0 Å². The predicted octanol–water partition coefficient (Wildman–Crippen LogP) is 2.79. The molecule has 15 heavy (non-hydrogen) atoms. The molecule has 2 nitrogen and oxygen atoms in total. The minimum absolute atomic E-state index is 0.294. The fraction of sp³-hybridized carbons (Fsp3) is 0.455. The summed E-state index contributed by atoms with van der Waals surface area (Å²) < 4.78 is 36.7. The van der Waals surface area contributed by atoms with Crippen LogP contribution in [0.3, 0.4) is 0 Å². The normalized spacial score (nSPS) is 12.9. The fourth-order valence-electron chi connectivity index (χ4n) is 1.59. The number of hydrogen-bond acceptors (Lipinski definition) is 2. The van der Waals surface area contributed by atoms with Gasteiger partial charge in [-0.1, -0.05) is 30.3 Å². The fourth-order valence-corrected chi connectivity index (χ4v) is 1.59. The minimum Gasteiger partial charge on any atom is -0.345 e. The monoisotopic (exact) mass is 216 g/mol. The van der Waals surface area contributed by atoms with Gasteiger partial charge in [0.15, 0.2) is 0 Å². The first-order chi connectivity index (χ1) is 6.98. The Labute approximate surface area is 87.8 Å². The van der Waals surface area contributed by atoms with Crippen LogP contribution in [0.1, 0.15) is 12.5 Å². The summed E-state index contributed by atoms with van der Waals surface area (Å²) >= 11 is 0. The summed E-state index contributed by atoms with van der Waals surface area (Å²) in [6.45, 7) is 0.771. The summed E-state index contributed by atoms with van der Waals surface area (Å²) in [5.41, 5.74) is 0.294. The summed E-state index contributed by atoms with van der Waals surface area (Å²) in [5.74, 6) is -5.15. The smallest absolute Gasteiger partial charge is 0.302 e. The summed E-state index contributed by atoms with van der Waals surface area (Å²) in [6, 6.07) is 8.16. The van der Waals surface area contributed by atoms with Crippen LogP contribution < -0.4 is 0 Å². The Morgan fingerprint density at radius 3 is 1.80 bits per heavy atom. The zero-order valence-corrected chi connectivity index (χ0v) is 8.96. The van der Waals surface area contributed by atoms with Crippen molar-refractivity contribution in [2.24, 2.45) is 0 Å². The Hall–Kier alpha value is -1.00. The first-order valence-electron chi connectivity index (χ1n) is 4.51. The van der Waals surface area contributed by atoms with E-state index in [1.807, 2.05) is 0 Å². The van der Waals surface area contributed by atoms with Gasteiger partial charge in [0.25, 0.3) is 5.79 Å². The van der Waals surface area contributed by atoms with Gasteiger partial charge in [-0.05, 0) is 0 Å². The third-order valence-corrected chi connectivity index (χ3v) is 2.31. The van der Waals surface area contributed by atoms with Gasteiger partial charge in [0.1, 0.15) is 0 Å². The van der Waals surface area contributed by atoms with Crippen LogP contribution in [0.5, 0.6) is 0 Å². The van der Waals surface area contributed by atoms with Gasteiger partial charge < -0.3 is 9.47 Å². The Balaban J connectivity index is 3.24. The first kappa shape index (κ1) is 12.1. The number of hydrogen-bond donors (Lipinski definition) is 0. The molecule has 0 aliphatic carbocycles. The molecular formula is C11H14F2O2. The lowest BCUT2D eigenvalue weighted by molar-refractivity contribution is -0.323. The Morgan fingerprint density at radius 1 is 1.00 bits per heavy atom. The van der Waals surface area contributed by atoms with Gasteiger partial charge in [0, 0.05) is 26.7 Å². The highest BCUT2D eigenvalue weighted by Crippen LogP contribution is 2.40. The van der Waals surface area contributed by atoms with E-state index in [1.54, 1.807) is 30.3 Å². The molecule has 0 atom stereocenters. The molecule has 0 aliphatic heterocycles. The predicted molar refractivity (Wildman–Crippen MR) is 52.8 cm³/mol. The molecule has 0 saturated carbocycles. The van der Waals surface area contributed by atoms with Crippen molar-refractivity contribution in [2.45, 2.75) is 18.6 Å². The zero-order valence-electron chi connectivity index (χ0n) is 8.96. The number of halogens is 2. The van der Waals surface area contributed by atoms with E-state index < -0.39 is 11.7 Å². The number of ether oxygens (including phenoxy) is 2. The SMILES string of the molecule is COC(OC)(c1ccccc1)C(C)(F)F. The van der Waals surface area contributed by atoms with Crippen molar-refractivity contribution in [2.75, 3.05) is 14.2 Å². The maximum atomic E-state index is 13.5. The van der Waals surface area contributed by atoms with E-state index in [0.717, 1.165) is 6.92 Å². The molecule has 0 amide bonds.